The molecule has 8 heteroatoms. The van der Waals surface area contributed by atoms with E-state index in [-0.39, 0.29) is 27.6 Å². The Morgan fingerprint density at radius 2 is 2.00 bits per heavy atom. The molecular formula is C11H6BrCl2N3O2. The Kier molecular flexibility index (Phi) is 4.24. The van der Waals surface area contributed by atoms with Crippen LogP contribution in [0.1, 0.15) is 10.4 Å². The number of hydrogen-bond acceptors (Lipinski definition) is 4. The minimum Gasteiger partial charge on any atom is -0.507 e. The highest BCUT2D eigenvalue weighted by molar-refractivity contribution is 9.10. The Morgan fingerprint density at radius 3 is 2.63 bits per heavy atom. The first-order chi connectivity index (χ1) is 8.95. The first-order valence-electron chi connectivity index (χ1n) is 4.95. The lowest BCUT2D eigenvalue weighted by atomic mass is 10.2. The number of rotatable bonds is 2. The third-order valence-corrected chi connectivity index (χ3v) is 3.15. The van der Waals surface area contributed by atoms with Crippen molar-refractivity contribution in [3.63, 3.8) is 0 Å². The summed E-state index contributed by atoms with van der Waals surface area (Å²) in [6, 6.07) is 5.79. The van der Waals surface area contributed by atoms with E-state index in [9.17, 15) is 9.90 Å². The van der Waals surface area contributed by atoms with Crippen LogP contribution in [0.2, 0.25) is 10.4 Å². The number of anilines is 1. The van der Waals surface area contributed by atoms with Gasteiger partial charge in [0.1, 0.15) is 16.7 Å². The predicted molar refractivity (Wildman–Crippen MR) is 75.8 cm³/mol. The van der Waals surface area contributed by atoms with E-state index in [4.69, 9.17) is 23.2 Å². The van der Waals surface area contributed by atoms with Crippen molar-refractivity contribution in [3.8, 4) is 5.75 Å². The summed E-state index contributed by atoms with van der Waals surface area (Å²) in [5.74, 6) is -0.308. The van der Waals surface area contributed by atoms with E-state index in [0.717, 1.165) is 0 Å². The number of hydrogen-bond donors (Lipinski definition) is 2. The third-order valence-electron chi connectivity index (χ3n) is 2.12. The molecule has 1 heterocycles. The molecule has 2 N–H and O–H groups in total. The van der Waals surface area contributed by atoms with E-state index in [0.29, 0.717) is 4.47 Å². The minimum absolute atomic E-state index is 0.0357. The average Bonchev–Trinajstić information content (AvgIpc) is 2.31. The van der Waals surface area contributed by atoms with Gasteiger partial charge in [0.05, 0.1) is 4.47 Å². The molecule has 0 spiro atoms. The standard InChI is InChI=1S/C11H6BrCl2N3O2/c12-6-2-1-5(3-7(6)18)10(19)16-9-4-8(13)15-11(14)17-9/h1-4,18H,(H,15,16,17,19). The van der Waals surface area contributed by atoms with Crippen molar-refractivity contribution in [2.75, 3.05) is 5.32 Å². The van der Waals surface area contributed by atoms with Gasteiger partial charge in [-0.3, -0.25) is 4.79 Å². The third kappa shape index (κ3) is 3.56. The van der Waals surface area contributed by atoms with E-state index in [2.05, 4.69) is 31.2 Å². The van der Waals surface area contributed by atoms with E-state index in [1.807, 2.05) is 0 Å². The van der Waals surface area contributed by atoms with Crippen molar-refractivity contribution < 1.29 is 9.90 Å². The Balaban J connectivity index is 2.22. The van der Waals surface area contributed by atoms with Crippen LogP contribution in [0.15, 0.2) is 28.7 Å². The summed E-state index contributed by atoms with van der Waals surface area (Å²) < 4.78 is 0.497. The normalized spacial score (nSPS) is 10.3. The highest BCUT2D eigenvalue weighted by atomic mass is 79.9. The van der Waals surface area contributed by atoms with Gasteiger partial charge in [-0.05, 0) is 45.7 Å². The topological polar surface area (TPSA) is 75.1 Å². The monoisotopic (exact) mass is 361 g/mol. The molecule has 0 aliphatic heterocycles. The number of amides is 1. The van der Waals surface area contributed by atoms with Gasteiger partial charge in [0.2, 0.25) is 5.28 Å². The first kappa shape index (κ1) is 14.0. The smallest absolute Gasteiger partial charge is 0.256 e. The lowest BCUT2D eigenvalue weighted by Crippen LogP contribution is -2.13. The van der Waals surface area contributed by atoms with Crippen LogP contribution in [0.25, 0.3) is 0 Å². The van der Waals surface area contributed by atoms with Crippen LogP contribution in [0, 0.1) is 0 Å². The van der Waals surface area contributed by atoms with Crippen LogP contribution in [0.5, 0.6) is 5.75 Å². The maximum Gasteiger partial charge on any atom is 0.256 e. The fraction of sp³-hybridized carbons (Fsp3) is 0. The summed E-state index contributed by atoms with van der Waals surface area (Å²) in [4.78, 5) is 19.4. The van der Waals surface area contributed by atoms with Gasteiger partial charge in [-0.15, -0.1) is 0 Å². The van der Waals surface area contributed by atoms with Gasteiger partial charge in [0.15, 0.2) is 0 Å². The number of aromatic nitrogens is 2. The first-order valence-corrected chi connectivity index (χ1v) is 6.50. The van der Waals surface area contributed by atoms with Gasteiger partial charge in [0.25, 0.3) is 5.91 Å². The molecule has 1 aromatic heterocycles. The van der Waals surface area contributed by atoms with E-state index < -0.39 is 5.91 Å². The van der Waals surface area contributed by atoms with Crippen molar-refractivity contribution in [3.05, 3.63) is 44.7 Å². The highest BCUT2D eigenvalue weighted by Crippen LogP contribution is 2.24. The summed E-state index contributed by atoms with van der Waals surface area (Å²) in [6.45, 7) is 0. The van der Waals surface area contributed by atoms with E-state index in [1.165, 1.54) is 12.1 Å². The molecule has 98 valence electrons. The van der Waals surface area contributed by atoms with Crippen LogP contribution in [0.4, 0.5) is 5.82 Å². The number of nitrogens with one attached hydrogen (secondary N) is 1. The number of phenolic OH excluding ortho intramolecular Hbond substituents is 1. The Morgan fingerprint density at radius 1 is 1.26 bits per heavy atom. The van der Waals surface area contributed by atoms with Crippen molar-refractivity contribution in [1.82, 2.24) is 9.97 Å². The Bertz CT molecular complexity index is 632. The molecule has 0 bridgehead atoms. The SMILES string of the molecule is O=C(Nc1cc(Cl)nc(Cl)n1)c1ccc(Br)c(O)c1. The lowest BCUT2D eigenvalue weighted by molar-refractivity contribution is 0.102. The summed E-state index contributed by atoms with van der Waals surface area (Å²) in [6.07, 6.45) is 0. The molecule has 0 radical (unpaired) electrons. The lowest BCUT2D eigenvalue weighted by Gasteiger charge is -2.06. The van der Waals surface area contributed by atoms with Crippen molar-refractivity contribution in [2.45, 2.75) is 0 Å². The molecule has 1 amide bonds. The zero-order valence-corrected chi connectivity index (χ0v) is 12.3. The maximum atomic E-state index is 11.9. The second-order valence-corrected chi connectivity index (χ2v) is 5.04. The van der Waals surface area contributed by atoms with Crippen molar-refractivity contribution in [2.24, 2.45) is 0 Å². The van der Waals surface area contributed by atoms with Crippen LogP contribution >= 0.6 is 39.1 Å². The van der Waals surface area contributed by atoms with E-state index >= 15 is 0 Å². The molecule has 0 aliphatic carbocycles. The number of nitrogens with zero attached hydrogens (tertiary/aromatic N) is 2. The van der Waals surface area contributed by atoms with Gasteiger partial charge in [-0.2, -0.15) is 0 Å². The molecule has 0 saturated carbocycles. The molecule has 19 heavy (non-hydrogen) atoms. The number of aromatic hydroxyl groups is 1. The second kappa shape index (κ2) is 5.73. The van der Waals surface area contributed by atoms with Gasteiger partial charge in [-0.25, -0.2) is 9.97 Å². The van der Waals surface area contributed by atoms with Gasteiger partial charge < -0.3 is 10.4 Å². The summed E-state index contributed by atoms with van der Waals surface area (Å²) >= 11 is 14.4. The number of benzene rings is 1. The molecule has 2 rings (SSSR count). The molecule has 0 fully saturated rings. The van der Waals surface area contributed by atoms with Crippen LogP contribution in [-0.4, -0.2) is 21.0 Å². The Hall–Kier alpha value is -1.37. The molecule has 0 aliphatic rings. The number of phenols is 1. The molecule has 0 unspecified atom stereocenters. The van der Waals surface area contributed by atoms with Crippen molar-refractivity contribution >= 4 is 50.9 Å². The number of carbonyl (C=O) groups excluding carboxylic acids is 1. The minimum atomic E-state index is -0.450. The summed E-state index contributed by atoms with van der Waals surface area (Å²) in [5.41, 5.74) is 0.270. The zero-order valence-electron chi connectivity index (χ0n) is 9.19. The van der Waals surface area contributed by atoms with Crippen LogP contribution in [0.3, 0.4) is 0 Å². The fourth-order valence-electron chi connectivity index (χ4n) is 1.30. The van der Waals surface area contributed by atoms with Crippen molar-refractivity contribution in [1.29, 1.82) is 0 Å². The molecule has 1 aromatic carbocycles. The largest absolute Gasteiger partial charge is 0.507 e. The fourth-order valence-corrected chi connectivity index (χ4v) is 1.95. The van der Waals surface area contributed by atoms with E-state index in [1.54, 1.807) is 12.1 Å². The highest BCUT2D eigenvalue weighted by Gasteiger charge is 2.10. The molecule has 0 atom stereocenters. The summed E-state index contributed by atoms with van der Waals surface area (Å²) in [5, 5.41) is 12.1. The maximum absolute atomic E-state index is 11.9. The molecule has 2 aromatic rings. The second-order valence-electron chi connectivity index (χ2n) is 3.47. The molecule has 5 nitrogen and oxygen atoms in total. The number of carbonyl (C=O) groups is 1. The predicted octanol–water partition coefficient (Wildman–Crippen LogP) is 3.50. The average molecular weight is 363 g/mol. The zero-order chi connectivity index (χ0) is 14.0. The summed E-state index contributed by atoms with van der Waals surface area (Å²) in [7, 11) is 0. The van der Waals surface area contributed by atoms with Gasteiger partial charge >= 0.3 is 0 Å². The van der Waals surface area contributed by atoms with Crippen LogP contribution in [-0.2, 0) is 0 Å². The Labute approximate surface area is 126 Å². The van der Waals surface area contributed by atoms with Gasteiger partial charge in [-0.1, -0.05) is 11.6 Å². The van der Waals surface area contributed by atoms with Gasteiger partial charge in [0, 0.05) is 11.6 Å². The quantitative estimate of drug-likeness (QED) is 0.633. The van der Waals surface area contributed by atoms with Crippen LogP contribution < -0.4 is 5.32 Å². The molecule has 0 saturated heterocycles. The molecular weight excluding hydrogens is 357 g/mol. The number of halogens is 3.